The summed E-state index contributed by atoms with van der Waals surface area (Å²) < 4.78 is 12.2. The highest BCUT2D eigenvalue weighted by Gasteiger charge is 2.48. The van der Waals surface area contributed by atoms with Crippen LogP contribution >= 0.6 is 15.9 Å². The van der Waals surface area contributed by atoms with Crippen LogP contribution < -0.4 is 0 Å². The maximum atomic E-state index is 13.4. The van der Waals surface area contributed by atoms with Crippen molar-refractivity contribution in [2.24, 2.45) is 0 Å². The average Bonchev–Trinajstić information content (AvgIpc) is 3.47. The summed E-state index contributed by atoms with van der Waals surface area (Å²) in [6, 6.07) is 9.72. The van der Waals surface area contributed by atoms with Crippen LogP contribution in [0, 0.1) is 0 Å². The van der Waals surface area contributed by atoms with Crippen molar-refractivity contribution in [1.29, 1.82) is 0 Å². The summed E-state index contributed by atoms with van der Waals surface area (Å²) in [4.78, 5) is 28.1. The lowest BCUT2D eigenvalue weighted by molar-refractivity contribution is -0.132. The third-order valence-electron chi connectivity index (χ3n) is 5.97. The van der Waals surface area contributed by atoms with Crippen LogP contribution in [0.4, 0.5) is 0 Å². The fourth-order valence-electron chi connectivity index (χ4n) is 4.58. The number of halogens is 1. The molecule has 154 valence electrons. The fraction of sp³-hybridized carbons (Fsp3) is 0.304. The molecule has 2 aromatic heterocycles. The van der Waals surface area contributed by atoms with E-state index in [-0.39, 0.29) is 17.4 Å². The number of hydrogen-bond donors (Lipinski definition) is 1. The lowest BCUT2D eigenvalue weighted by Crippen LogP contribution is -2.41. The number of furan rings is 2. The number of aliphatic hydroxyl groups is 1. The number of carbonyl (C=O) groups excluding carboxylic acids is 2. The third-order valence-corrected chi connectivity index (χ3v) is 6.46. The smallest absolute Gasteiger partial charge is 0.290 e. The van der Waals surface area contributed by atoms with Crippen LogP contribution in [-0.2, 0) is 4.79 Å². The predicted molar refractivity (Wildman–Crippen MR) is 113 cm³/mol. The van der Waals surface area contributed by atoms with E-state index >= 15 is 0 Å². The van der Waals surface area contributed by atoms with Gasteiger partial charge in [0.2, 0.25) is 5.78 Å². The second-order valence-corrected chi connectivity index (χ2v) is 8.72. The van der Waals surface area contributed by atoms with Gasteiger partial charge in [-0.25, -0.2) is 0 Å². The number of rotatable bonds is 4. The van der Waals surface area contributed by atoms with Gasteiger partial charge in [0.25, 0.3) is 5.91 Å². The molecule has 0 radical (unpaired) electrons. The van der Waals surface area contributed by atoms with E-state index in [0.29, 0.717) is 11.3 Å². The normalized spacial score (nSPS) is 20.5. The van der Waals surface area contributed by atoms with Gasteiger partial charge in [0.1, 0.15) is 17.4 Å². The van der Waals surface area contributed by atoms with Crippen LogP contribution in [0.2, 0.25) is 0 Å². The van der Waals surface area contributed by atoms with Crippen molar-refractivity contribution < 1.29 is 23.5 Å². The molecule has 7 heteroatoms. The zero-order chi connectivity index (χ0) is 20.8. The lowest BCUT2D eigenvalue weighted by Gasteiger charge is -2.35. The summed E-state index contributed by atoms with van der Waals surface area (Å²) in [7, 11) is 0. The zero-order valence-corrected chi connectivity index (χ0v) is 17.7. The number of hydrogen-bond acceptors (Lipinski definition) is 5. The third kappa shape index (κ3) is 3.08. The number of fused-ring (bicyclic) bond motifs is 1. The molecule has 1 aliphatic heterocycles. The van der Waals surface area contributed by atoms with Crippen molar-refractivity contribution in [3.8, 4) is 0 Å². The molecular formula is C23H20BrNO5. The molecule has 1 fully saturated rings. The molecule has 1 atom stereocenters. The Kier molecular flexibility index (Phi) is 4.77. The Morgan fingerprint density at radius 2 is 1.93 bits per heavy atom. The number of benzene rings is 1. The molecule has 1 aromatic carbocycles. The molecule has 1 aliphatic carbocycles. The monoisotopic (exact) mass is 469 g/mol. The maximum Gasteiger partial charge on any atom is 0.290 e. The summed E-state index contributed by atoms with van der Waals surface area (Å²) in [6.07, 6.45) is 6.36. The van der Waals surface area contributed by atoms with Crippen LogP contribution in [0.25, 0.3) is 11.0 Å². The number of Topliss-reactive ketones (excluding diaryl/α,β-unsaturated/α-hetero) is 1. The van der Waals surface area contributed by atoms with Gasteiger partial charge >= 0.3 is 0 Å². The Morgan fingerprint density at radius 3 is 2.67 bits per heavy atom. The Hall–Kier alpha value is -2.80. The number of carbonyl (C=O) groups is 2. The Morgan fingerprint density at radius 1 is 1.13 bits per heavy atom. The SMILES string of the molecule is O=C(C1=C(O)C(=O)N(C2CCCCC2)C1c1ccco1)c1cc2cc(Br)ccc2o1. The molecule has 0 bridgehead atoms. The minimum atomic E-state index is -0.761. The highest BCUT2D eigenvalue weighted by Crippen LogP contribution is 2.43. The van der Waals surface area contributed by atoms with E-state index in [9.17, 15) is 14.7 Å². The van der Waals surface area contributed by atoms with Crippen LogP contribution in [-0.4, -0.2) is 27.7 Å². The van der Waals surface area contributed by atoms with E-state index in [1.54, 1.807) is 29.2 Å². The first kappa shape index (κ1) is 19.2. The van der Waals surface area contributed by atoms with Crippen LogP contribution in [0.5, 0.6) is 0 Å². The van der Waals surface area contributed by atoms with Gasteiger partial charge in [-0.3, -0.25) is 9.59 Å². The standard InChI is InChI=1S/C23H20BrNO5/c24-14-8-9-16-13(11-14)12-18(30-16)21(26)19-20(17-7-4-10-29-17)25(23(28)22(19)27)15-5-2-1-3-6-15/h4,7-12,15,20,27H,1-3,5-6H2. The molecule has 6 nitrogen and oxygen atoms in total. The predicted octanol–water partition coefficient (Wildman–Crippen LogP) is 5.70. The minimum Gasteiger partial charge on any atom is -0.503 e. The number of amides is 1. The van der Waals surface area contributed by atoms with Crippen molar-refractivity contribution in [3.63, 3.8) is 0 Å². The molecule has 3 aromatic rings. The molecule has 0 spiro atoms. The van der Waals surface area contributed by atoms with Gasteiger partial charge in [0.15, 0.2) is 11.5 Å². The maximum absolute atomic E-state index is 13.4. The van der Waals surface area contributed by atoms with Crippen molar-refractivity contribution in [2.75, 3.05) is 0 Å². The van der Waals surface area contributed by atoms with E-state index in [1.165, 1.54) is 6.26 Å². The molecule has 1 unspecified atom stereocenters. The Labute approximate surface area is 181 Å². The van der Waals surface area contributed by atoms with Crippen molar-refractivity contribution in [3.05, 3.63) is 70.0 Å². The van der Waals surface area contributed by atoms with E-state index in [0.717, 1.165) is 42.0 Å². The van der Waals surface area contributed by atoms with Crippen LogP contribution in [0.15, 0.2) is 67.3 Å². The molecule has 5 rings (SSSR count). The Bertz CT molecular complexity index is 1150. The topological polar surface area (TPSA) is 83.9 Å². The molecular weight excluding hydrogens is 450 g/mol. The van der Waals surface area contributed by atoms with Crippen molar-refractivity contribution in [2.45, 2.75) is 44.2 Å². The van der Waals surface area contributed by atoms with Gasteiger partial charge < -0.3 is 18.8 Å². The first-order valence-corrected chi connectivity index (χ1v) is 10.9. The zero-order valence-electron chi connectivity index (χ0n) is 16.1. The second-order valence-electron chi connectivity index (χ2n) is 7.81. The molecule has 1 amide bonds. The van der Waals surface area contributed by atoms with Crippen LogP contribution in [0.3, 0.4) is 0 Å². The van der Waals surface area contributed by atoms with Gasteiger partial charge in [-0.1, -0.05) is 35.2 Å². The van der Waals surface area contributed by atoms with Crippen molar-refractivity contribution >= 4 is 38.6 Å². The van der Waals surface area contributed by atoms with E-state index in [4.69, 9.17) is 8.83 Å². The highest BCUT2D eigenvalue weighted by atomic mass is 79.9. The summed E-state index contributed by atoms with van der Waals surface area (Å²) >= 11 is 3.41. The summed E-state index contributed by atoms with van der Waals surface area (Å²) in [5, 5.41) is 11.5. The lowest BCUT2D eigenvalue weighted by atomic mass is 9.92. The van der Waals surface area contributed by atoms with E-state index in [1.807, 2.05) is 12.1 Å². The van der Waals surface area contributed by atoms with E-state index in [2.05, 4.69) is 15.9 Å². The highest BCUT2D eigenvalue weighted by molar-refractivity contribution is 9.10. The number of nitrogens with zero attached hydrogens (tertiary/aromatic N) is 1. The van der Waals surface area contributed by atoms with Crippen molar-refractivity contribution in [1.82, 2.24) is 4.90 Å². The largest absolute Gasteiger partial charge is 0.503 e. The van der Waals surface area contributed by atoms with Crippen LogP contribution in [0.1, 0.15) is 54.5 Å². The van der Waals surface area contributed by atoms with Gasteiger partial charge in [0.05, 0.1) is 11.8 Å². The fourth-order valence-corrected chi connectivity index (χ4v) is 4.95. The quantitative estimate of drug-likeness (QED) is 0.495. The number of aliphatic hydroxyl groups excluding tert-OH is 1. The second kappa shape index (κ2) is 7.47. The summed E-state index contributed by atoms with van der Waals surface area (Å²) in [5.41, 5.74) is 0.572. The average molecular weight is 470 g/mol. The van der Waals surface area contributed by atoms with Gasteiger partial charge in [-0.05, 0) is 49.2 Å². The molecule has 1 N–H and O–H groups in total. The van der Waals surface area contributed by atoms with Gasteiger partial charge in [-0.15, -0.1) is 0 Å². The van der Waals surface area contributed by atoms with Gasteiger partial charge in [0, 0.05) is 15.9 Å². The molecule has 30 heavy (non-hydrogen) atoms. The Balaban J connectivity index is 1.58. The molecule has 1 saturated carbocycles. The first-order valence-electron chi connectivity index (χ1n) is 10.1. The molecule has 2 aliphatic rings. The van der Waals surface area contributed by atoms with E-state index < -0.39 is 23.5 Å². The van der Waals surface area contributed by atoms with Gasteiger partial charge in [-0.2, -0.15) is 0 Å². The summed E-state index contributed by atoms with van der Waals surface area (Å²) in [5.74, 6) is -1.01. The molecule has 3 heterocycles. The number of ketones is 1. The first-order chi connectivity index (χ1) is 14.5. The summed E-state index contributed by atoms with van der Waals surface area (Å²) in [6.45, 7) is 0. The molecule has 0 saturated heterocycles. The minimum absolute atomic E-state index is 0.0126.